The highest BCUT2D eigenvalue weighted by atomic mass is 32.2. The van der Waals surface area contributed by atoms with E-state index in [1.54, 1.807) is 36.4 Å². The van der Waals surface area contributed by atoms with Crippen molar-refractivity contribution in [2.24, 2.45) is 0 Å². The van der Waals surface area contributed by atoms with Crippen LogP contribution in [0.1, 0.15) is 22.6 Å². The summed E-state index contributed by atoms with van der Waals surface area (Å²) in [6.45, 7) is 3.83. The van der Waals surface area contributed by atoms with Crippen LogP contribution in [-0.4, -0.2) is 14.3 Å². The van der Waals surface area contributed by atoms with E-state index in [9.17, 15) is 18.5 Å². The van der Waals surface area contributed by atoms with Crippen LogP contribution in [0.2, 0.25) is 0 Å². The summed E-state index contributed by atoms with van der Waals surface area (Å²) in [4.78, 5) is 12.6. The second kappa shape index (κ2) is 9.43. The van der Waals surface area contributed by atoms with Gasteiger partial charge < -0.3 is 9.73 Å². The van der Waals surface area contributed by atoms with Crippen LogP contribution in [0.5, 0.6) is 0 Å². The first-order valence-electron chi connectivity index (χ1n) is 9.42. The van der Waals surface area contributed by atoms with Crippen molar-refractivity contribution < 1.29 is 17.6 Å². The minimum atomic E-state index is -3.67. The average molecular weight is 436 g/mol. The second-order valence-electron chi connectivity index (χ2n) is 6.86. The summed E-state index contributed by atoms with van der Waals surface area (Å²) in [6.07, 6.45) is 1.31. The first-order valence-corrected chi connectivity index (χ1v) is 10.9. The van der Waals surface area contributed by atoms with Crippen molar-refractivity contribution in [1.29, 1.82) is 5.26 Å². The molecular formula is C23H21N3O4S. The molecule has 158 valence electrons. The topological polar surface area (TPSA) is 112 Å². The number of benzene rings is 2. The fourth-order valence-electron chi connectivity index (χ4n) is 2.72. The molecule has 0 radical (unpaired) electrons. The molecule has 0 aliphatic heterocycles. The molecule has 0 saturated heterocycles. The van der Waals surface area contributed by atoms with Gasteiger partial charge in [-0.15, -0.1) is 0 Å². The van der Waals surface area contributed by atoms with E-state index < -0.39 is 15.9 Å². The third-order valence-electron chi connectivity index (χ3n) is 4.59. The Bertz CT molecular complexity index is 1270. The van der Waals surface area contributed by atoms with E-state index in [1.807, 2.05) is 32.0 Å². The smallest absolute Gasteiger partial charge is 0.266 e. The summed E-state index contributed by atoms with van der Waals surface area (Å²) >= 11 is 0. The lowest BCUT2D eigenvalue weighted by Gasteiger charge is -2.07. The van der Waals surface area contributed by atoms with E-state index in [0.717, 1.165) is 11.1 Å². The van der Waals surface area contributed by atoms with Crippen LogP contribution in [-0.2, 0) is 21.4 Å². The zero-order valence-corrected chi connectivity index (χ0v) is 17.9. The SMILES string of the molecule is Cc1ccc(NC(=O)/C(C#N)=C\c2ccc(CNS(=O)(=O)c3ccccc3)o2)cc1C. The summed E-state index contributed by atoms with van der Waals surface area (Å²) in [6, 6.07) is 18.5. The van der Waals surface area contributed by atoms with Gasteiger partial charge in [0.2, 0.25) is 10.0 Å². The molecule has 3 aromatic rings. The van der Waals surface area contributed by atoms with Crippen LogP contribution in [0.4, 0.5) is 5.69 Å². The lowest BCUT2D eigenvalue weighted by molar-refractivity contribution is -0.112. The largest absolute Gasteiger partial charge is 0.460 e. The number of carbonyl (C=O) groups excluding carboxylic acids is 1. The van der Waals surface area contributed by atoms with Crippen molar-refractivity contribution in [3.63, 3.8) is 0 Å². The number of nitrogens with zero attached hydrogens (tertiary/aromatic N) is 1. The predicted molar refractivity (Wildman–Crippen MR) is 117 cm³/mol. The van der Waals surface area contributed by atoms with Crippen LogP contribution < -0.4 is 10.0 Å². The molecule has 0 unspecified atom stereocenters. The molecule has 7 nitrogen and oxygen atoms in total. The van der Waals surface area contributed by atoms with Crippen LogP contribution in [0.3, 0.4) is 0 Å². The third kappa shape index (κ3) is 5.69. The van der Waals surface area contributed by atoms with Crippen LogP contribution in [0.15, 0.2) is 75.5 Å². The minimum Gasteiger partial charge on any atom is -0.460 e. The highest BCUT2D eigenvalue weighted by molar-refractivity contribution is 7.89. The van der Waals surface area contributed by atoms with E-state index in [1.165, 1.54) is 18.2 Å². The normalized spacial score (nSPS) is 11.7. The van der Waals surface area contributed by atoms with Gasteiger partial charge in [-0.25, -0.2) is 13.1 Å². The predicted octanol–water partition coefficient (Wildman–Crippen LogP) is 3.92. The van der Waals surface area contributed by atoms with Gasteiger partial charge >= 0.3 is 0 Å². The zero-order chi connectivity index (χ0) is 22.4. The highest BCUT2D eigenvalue weighted by Crippen LogP contribution is 2.17. The number of sulfonamides is 1. The Labute approximate surface area is 181 Å². The molecule has 1 aromatic heterocycles. The molecule has 2 N–H and O–H groups in total. The molecule has 1 amide bonds. The molecule has 0 bridgehead atoms. The maximum atomic E-state index is 12.4. The van der Waals surface area contributed by atoms with Gasteiger partial charge in [0.25, 0.3) is 5.91 Å². The fourth-order valence-corrected chi connectivity index (χ4v) is 3.74. The lowest BCUT2D eigenvalue weighted by atomic mass is 10.1. The number of hydrogen-bond acceptors (Lipinski definition) is 5. The van der Waals surface area contributed by atoms with Gasteiger partial charge in [0.15, 0.2) is 0 Å². The lowest BCUT2D eigenvalue weighted by Crippen LogP contribution is -2.22. The number of amides is 1. The van der Waals surface area contributed by atoms with Gasteiger partial charge in [-0.1, -0.05) is 24.3 Å². The van der Waals surface area contributed by atoms with E-state index in [4.69, 9.17) is 4.42 Å². The van der Waals surface area contributed by atoms with Gasteiger partial charge in [-0.3, -0.25) is 4.79 Å². The van der Waals surface area contributed by atoms with Gasteiger partial charge in [0.1, 0.15) is 23.2 Å². The Morgan fingerprint density at radius 2 is 1.81 bits per heavy atom. The maximum absolute atomic E-state index is 12.4. The molecule has 1 heterocycles. The van der Waals surface area contributed by atoms with Gasteiger partial charge in [0, 0.05) is 11.8 Å². The molecule has 0 fully saturated rings. The highest BCUT2D eigenvalue weighted by Gasteiger charge is 2.15. The van der Waals surface area contributed by atoms with Crippen LogP contribution in [0, 0.1) is 25.2 Å². The summed E-state index contributed by atoms with van der Waals surface area (Å²) in [5.41, 5.74) is 2.57. The number of hydrogen-bond donors (Lipinski definition) is 2. The molecule has 0 aliphatic carbocycles. The first kappa shape index (κ1) is 22.0. The zero-order valence-electron chi connectivity index (χ0n) is 17.0. The first-order chi connectivity index (χ1) is 14.8. The Morgan fingerprint density at radius 3 is 2.48 bits per heavy atom. The Balaban J connectivity index is 1.68. The monoisotopic (exact) mass is 435 g/mol. The Hall–Kier alpha value is -3.67. The van der Waals surface area contributed by atoms with Crippen LogP contribution in [0.25, 0.3) is 6.08 Å². The van der Waals surface area contributed by atoms with Crippen molar-refractivity contribution in [1.82, 2.24) is 4.72 Å². The van der Waals surface area contributed by atoms with E-state index >= 15 is 0 Å². The quantitative estimate of drug-likeness (QED) is 0.431. The number of carbonyl (C=O) groups is 1. The minimum absolute atomic E-state index is 0.0677. The molecule has 0 aliphatic rings. The molecule has 3 rings (SSSR count). The Kier molecular flexibility index (Phi) is 6.70. The van der Waals surface area contributed by atoms with Crippen molar-refractivity contribution >= 4 is 27.7 Å². The molecular weight excluding hydrogens is 414 g/mol. The number of anilines is 1. The van der Waals surface area contributed by atoms with Crippen LogP contribution >= 0.6 is 0 Å². The number of nitrogens with one attached hydrogen (secondary N) is 2. The molecule has 0 saturated carbocycles. The second-order valence-corrected chi connectivity index (χ2v) is 8.63. The fraction of sp³-hybridized carbons (Fsp3) is 0.130. The summed E-state index contributed by atoms with van der Waals surface area (Å²) in [5, 5.41) is 12.1. The van der Waals surface area contributed by atoms with Gasteiger partial charge in [0.05, 0.1) is 11.4 Å². The number of rotatable bonds is 7. The number of aryl methyl sites for hydroxylation is 2. The summed E-state index contributed by atoms with van der Waals surface area (Å²) < 4.78 is 32.6. The molecule has 8 heteroatoms. The standard InChI is InChI=1S/C23H21N3O4S/c1-16-8-9-19(12-17(16)2)26-23(27)18(14-24)13-20-10-11-21(30-20)15-25-31(28,29)22-6-4-3-5-7-22/h3-13,25H,15H2,1-2H3,(H,26,27)/b18-13-. The molecule has 2 aromatic carbocycles. The summed E-state index contributed by atoms with van der Waals surface area (Å²) in [7, 11) is -3.67. The van der Waals surface area contributed by atoms with E-state index in [0.29, 0.717) is 11.4 Å². The number of furan rings is 1. The van der Waals surface area contributed by atoms with Gasteiger partial charge in [-0.2, -0.15) is 5.26 Å². The Morgan fingerprint density at radius 1 is 1.06 bits per heavy atom. The average Bonchev–Trinajstić information content (AvgIpc) is 3.21. The summed E-state index contributed by atoms with van der Waals surface area (Å²) in [5.74, 6) is 0.0480. The number of nitriles is 1. The molecule has 0 spiro atoms. The van der Waals surface area contributed by atoms with E-state index in [2.05, 4.69) is 10.0 Å². The van der Waals surface area contributed by atoms with Crippen molar-refractivity contribution in [2.75, 3.05) is 5.32 Å². The molecule has 31 heavy (non-hydrogen) atoms. The van der Waals surface area contributed by atoms with E-state index in [-0.39, 0.29) is 22.8 Å². The van der Waals surface area contributed by atoms with Crippen molar-refractivity contribution in [2.45, 2.75) is 25.3 Å². The van der Waals surface area contributed by atoms with Crippen molar-refractivity contribution in [3.05, 3.63) is 88.9 Å². The van der Waals surface area contributed by atoms with Crippen molar-refractivity contribution in [3.8, 4) is 6.07 Å². The van der Waals surface area contributed by atoms with Gasteiger partial charge in [-0.05, 0) is 61.4 Å². The maximum Gasteiger partial charge on any atom is 0.266 e. The molecule has 0 atom stereocenters. The third-order valence-corrected chi connectivity index (χ3v) is 6.01.